The molecule has 1 aromatic heterocycles. The number of benzene rings is 4. The van der Waals surface area contributed by atoms with Gasteiger partial charge in [-0.05, 0) is 142 Å². The van der Waals surface area contributed by atoms with Gasteiger partial charge in [0, 0.05) is 120 Å². The molecule has 11 rings (SSSR count). The highest BCUT2D eigenvalue weighted by Gasteiger charge is 2.49. The number of hydrogen-bond acceptors (Lipinski definition) is 17. The maximum absolute atomic E-state index is 16.3. The topological polar surface area (TPSA) is 337 Å². The molecule has 28 heteroatoms. The first kappa shape index (κ1) is 85.8. The van der Waals surface area contributed by atoms with Crippen molar-refractivity contribution >= 4 is 81.3 Å². The molecule has 2 fully saturated rings. The van der Waals surface area contributed by atoms with Gasteiger partial charge in [-0.2, -0.15) is 0 Å². The molecular weight excluding hydrogens is 1450 g/mol. The molecule has 113 heavy (non-hydrogen) atoms. The Morgan fingerprint density at radius 3 is 2.16 bits per heavy atom. The zero-order valence-corrected chi connectivity index (χ0v) is 66.2. The van der Waals surface area contributed by atoms with Gasteiger partial charge in [-0.3, -0.25) is 57.5 Å². The van der Waals surface area contributed by atoms with Gasteiger partial charge in [0.1, 0.15) is 60.5 Å². The van der Waals surface area contributed by atoms with E-state index in [4.69, 9.17) is 18.9 Å². The number of aliphatic hydroxyl groups is 1. The van der Waals surface area contributed by atoms with E-state index in [9.17, 15) is 33.9 Å². The molecule has 0 radical (unpaired) electrons. The van der Waals surface area contributed by atoms with Crippen LogP contribution in [0.25, 0.3) is 10.9 Å². The number of likely N-dealkylation sites (N-methyl/N-ethyl adjacent to an activating group) is 1. The molecule has 0 aliphatic carbocycles. The molecular formula is C85H112FN10O17+. The molecule has 0 saturated carbocycles. The van der Waals surface area contributed by atoms with Crippen LogP contribution in [-0.4, -0.2) is 235 Å². The van der Waals surface area contributed by atoms with Gasteiger partial charge >= 0.3 is 0 Å². The quantitative estimate of drug-likeness (QED) is 0.0540. The van der Waals surface area contributed by atoms with E-state index in [0.717, 1.165) is 17.7 Å². The second-order valence-electron chi connectivity index (χ2n) is 32.2. The summed E-state index contributed by atoms with van der Waals surface area (Å²) in [5.41, 5.74) is 3.06. The van der Waals surface area contributed by atoms with Crippen molar-refractivity contribution in [3.63, 3.8) is 0 Å². The normalized spacial score (nSPS) is 24.8. The van der Waals surface area contributed by atoms with Crippen LogP contribution in [0.5, 0.6) is 5.75 Å². The van der Waals surface area contributed by atoms with Crippen molar-refractivity contribution in [2.24, 2.45) is 11.8 Å². The molecule has 0 spiro atoms. The number of amides is 8. The minimum atomic E-state index is -1.83. The first-order valence-electron chi connectivity index (χ1n) is 39.8. The molecule has 8 amide bonds. The van der Waals surface area contributed by atoms with Gasteiger partial charge in [0.15, 0.2) is 11.6 Å². The lowest BCUT2D eigenvalue weighted by Crippen LogP contribution is -2.62. The number of nitrogens with one attached hydrogen (secondary N) is 5. The van der Waals surface area contributed by atoms with Crippen molar-refractivity contribution in [1.82, 2.24) is 45.9 Å². The highest BCUT2D eigenvalue weighted by Crippen LogP contribution is 2.35. The predicted octanol–water partition coefficient (Wildman–Crippen LogP) is 5.29. The number of ketones is 4. The maximum atomic E-state index is 16.3. The molecule has 5 aromatic rings. The van der Waals surface area contributed by atoms with Crippen molar-refractivity contribution in [2.45, 2.75) is 204 Å². The monoisotopic (exact) mass is 1560 g/mol. The standard InChI is InChI=1S/C85H111FN10O17/c1-54-43-65(99)25-30-76(103)93-35-9-8-34-92-52-62(67-49-63(86)23-29-71(67)92)47-61-48-72(100)69(89-80(105)68(88-79(54)104)28-24-64(98)32-39-111-41-42-112-40-38-96(4,5)6)46-59-14-10-15-60(44-59)50-87-75(102)53-113-73-31-37-94(83(61)108)78(73)82(107)91-77(55(2)97)81(106)90-70(45-57-21-26-66(110-7)27-22-57)84(109)95-36-12-33-85(95,3)74(101)16-11-13-56-17-19-58(51-93)20-18-56/h10,14-15,17-23,26-27,29,44,49,52,54-55,61,68-70,73,77-78,97H,8-9,11-13,16,24-25,28,30-43,45-48,50-51,53H2,1-7H3,(H4-,87,88,89,90,91,102,104,105,106,107)/p+1/t54-,55-,61-,68-,69+,70+,73+,77+,78+,85+/m1/s1. The maximum Gasteiger partial charge on any atom is 0.246 e. The van der Waals surface area contributed by atoms with Gasteiger partial charge in [0.2, 0.25) is 47.3 Å². The summed E-state index contributed by atoms with van der Waals surface area (Å²) in [4.78, 5) is 184. The van der Waals surface area contributed by atoms with E-state index in [0.29, 0.717) is 102 Å². The fourth-order valence-corrected chi connectivity index (χ4v) is 15.7. The Morgan fingerprint density at radius 2 is 1.42 bits per heavy atom. The number of carbonyl (C=O) groups excluding carboxylic acids is 12. The van der Waals surface area contributed by atoms with Crippen molar-refractivity contribution < 1.29 is 90.5 Å². The molecule has 7 heterocycles. The van der Waals surface area contributed by atoms with Crippen molar-refractivity contribution in [3.05, 3.63) is 136 Å². The molecule has 27 nitrogen and oxygen atoms in total. The molecule has 10 atom stereocenters. The Balaban J connectivity index is 1.06. The van der Waals surface area contributed by atoms with Crippen molar-refractivity contribution in [2.75, 3.05) is 87.5 Å². The summed E-state index contributed by atoms with van der Waals surface area (Å²) in [6, 6.07) is 17.7. The van der Waals surface area contributed by atoms with E-state index in [1.165, 1.54) is 42.9 Å². The Kier molecular flexibility index (Phi) is 30.3. The van der Waals surface area contributed by atoms with E-state index in [1.807, 2.05) is 50.0 Å². The van der Waals surface area contributed by atoms with Crippen LogP contribution in [0.1, 0.15) is 144 Å². The van der Waals surface area contributed by atoms with Gasteiger partial charge < -0.3 is 74.4 Å². The van der Waals surface area contributed by atoms with Crippen LogP contribution in [0.2, 0.25) is 0 Å². The minimum Gasteiger partial charge on any atom is -0.497 e. The molecule has 2 saturated heterocycles. The summed E-state index contributed by atoms with van der Waals surface area (Å²) >= 11 is 0. The van der Waals surface area contributed by atoms with Crippen LogP contribution in [0.15, 0.2) is 97.2 Å². The summed E-state index contributed by atoms with van der Waals surface area (Å²) in [6.07, 6.45) is -1.03. The second-order valence-corrected chi connectivity index (χ2v) is 32.2. The number of halogens is 1. The predicted molar refractivity (Wildman–Crippen MR) is 416 cm³/mol. The Labute approximate surface area is 660 Å². The average Bonchev–Trinajstić information content (AvgIpc) is 1.66. The second kappa shape index (κ2) is 39.9. The van der Waals surface area contributed by atoms with Crippen LogP contribution in [0.3, 0.4) is 0 Å². The number of rotatable bonds is 16. The lowest BCUT2D eigenvalue weighted by atomic mass is 9.88. The van der Waals surface area contributed by atoms with Crippen molar-refractivity contribution in [1.29, 1.82) is 0 Å². The summed E-state index contributed by atoms with van der Waals surface area (Å²) in [5, 5.41) is 26.1. The third-order valence-corrected chi connectivity index (χ3v) is 22.4. The summed E-state index contributed by atoms with van der Waals surface area (Å²) in [6.45, 7) is 6.35. The van der Waals surface area contributed by atoms with Crippen LogP contribution in [0.4, 0.5) is 4.39 Å². The van der Waals surface area contributed by atoms with Gasteiger partial charge in [-0.1, -0.05) is 67.6 Å². The van der Waals surface area contributed by atoms with E-state index < -0.39 is 132 Å². The van der Waals surface area contributed by atoms with Crippen LogP contribution >= 0.6 is 0 Å². The Morgan fingerprint density at radius 1 is 0.690 bits per heavy atom. The van der Waals surface area contributed by atoms with E-state index in [2.05, 4.69) is 26.6 Å². The molecule has 6 aliphatic heterocycles. The number of aromatic nitrogens is 1. The zero-order valence-electron chi connectivity index (χ0n) is 66.2. The lowest BCUT2D eigenvalue weighted by Gasteiger charge is -2.37. The van der Waals surface area contributed by atoms with Crippen LogP contribution in [-0.2, 0) is 117 Å². The number of fused-ring (bicyclic) bond motifs is 16. The number of quaternary nitrogens is 1. The minimum absolute atomic E-state index is 0.0394. The number of nitrogens with zero attached hydrogens (tertiary/aromatic N) is 5. The number of methoxy groups -OCH3 is 1. The van der Waals surface area contributed by atoms with Gasteiger partial charge in [-0.15, -0.1) is 0 Å². The number of aryl methyl sites for hydroxylation is 2. The van der Waals surface area contributed by atoms with Gasteiger partial charge in [0.25, 0.3) is 0 Å². The molecule has 6 aliphatic rings. The summed E-state index contributed by atoms with van der Waals surface area (Å²) in [7, 11) is 7.64. The number of hydrogen-bond donors (Lipinski definition) is 6. The van der Waals surface area contributed by atoms with E-state index in [-0.39, 0.29) is 134 Å². The SMILES string of the molecule is COc1ccc(C[C@@H]2NC(=O)[C@H]([C@@H](C)O)NC(=O)[C@@H]3[C@@H]4CCN3C(=O)[C@H]3CC(=O)[C@H](Cc5cccc(c5)CNC(=O)CO4)NC(=O)[C@@H](CCC(=O)CCOCCOCC[N+](C)(C)C)NC(=O)[C@H](C)CC(=O)CCC(=O)N(CCCCn4cc(c5cc(F)ccc54)C3)Cc3ccc(cc3)CCCC(=O)[C@]3(C)CCCN3C2=O)cc1. The summed E-state index contributed by atoms with van der Waals surface area (Å²) < 4.78 is 41.7. The number of Topliss-reactive ketones (excluding diaryl/α,β-unsaturated/α-hetero) is 4. The Bertz CT molecular complexity index is 4240. The summed E-state index contributed by atoms with van der Waals surface area (Å²) in [5.74, 6) is -10.1. The van der Waals surface area contributed by atoms with Gasteiger partial charge in [-0.25, -0.2) is 4.39 Å². The Hall–Kier alpha value is -9.61. The van der Waals surface area contributed by atoms with Crippen molar-refractivity contribution in [3.8, 4) is 5.75 Å². The average molecular weight is 1560 g/mol. The largest absolute Gasteiger partial charge is 0.497 e. The fraction of sp³-hybridized carbons (Fsp3) is 0.553. The van der Waals surface area contributed by atoms with E-state index in [1.54, 1.807) is 72.6 Å². The van der Waals surface area contributed by atoms with Gasteiger partial charge in [0.05, 0.1) is 78.5 Å². The lowest BCUT2D eigenvalue weighted by molar-refractivity contribution is -0.870. The van der Waals surface area contributed by atoms with Crippen LogP contribution in [0, 0.1) is 17.7 Å². The molecule has 610 valence electrons. The molecule has 6 N–H and O–H groups in total. The smallest absolute Gasteiger partial charge is 0.246 e. The fourth-order valence-electron chi connectivity index (χ4n) is 15.7. The first-order valence-corrected chi connectivity index (χ1v) is 39.8. The van der Waals surface area contributed by atoms with Crippen LogP contribution < -0.4 is 31.3 Å². The third kappa shape index (κ3) is 23.8. The van der Waals surface area contributed by atoms with E-state index >= 15 is 33.2 Å². The molecule has 12 bridgehead atoms. The molecule has 4 aromatic carbocycles. The highest BCUT2D eigenvalue weighted by atomic mass is 19.1. The first-order chi connectivity index (χ1) is 54.0. The third-order valence-electron chi connectivity index (χ3n) is 22.4. The zero-order chi connectivity index (χ0) is 81.1. The number of ether oxygens (including phenoxy) is 4. The highest BCUT2D eigenvalue weighted by molar-refractivity contribution is 6.00. The molecule has 0 unspecified atom stereocenters. The number of carbonyl (C=O) groups is 12. The number of aliphatic hydroxyl groups excluding tert-OH is 1.